The molecule has 0 unspecified atom stereocenters. The van der Waals surface area contributed by atoms with Gasteiger partial charge in [0.2, 0.25) is 0 Å². The third-order valence-corrected chi connectivity index (χ3v) is 4.02. The van der Waals surface area contributed by atoms with Crippen LogP contribution < -0.4 is 0 Å². The Labute approximate surface area is 127 Å². The standard InChI is InChI=1S/C14H9BrF2N2S/c1-7-4-8(2-3-10(7)16)19-13-5-9(15)11(17)6-12(13)18-14(19)20/h2-6H,1H3,(H,18,20). The first-order valence-electron chi connectivity index (χ1n) is 5.83. The zero-order valence-corrected chi connectivity index (χ0v) is 12.8. The summed E-state index contributed by atoms with van der Waals surface area (Å²) in [5.74, 6) is -0.636. The van der Waals surface area contributed by atoms with Crippen LogP contribution >= 0.6 is 28.1 Å². The van der Waals surface area contributed by atoms with Gasteiger partial charge in [0.15, 0.2) is 4.77 Å². The van der Waals surface area contributed by atoms with E-state index in [-0.39, 0.29) is 11.6 Å². The lowest BCUT2D eigenvalue weighted by atomic mass is 10.2. The zero-order valence-electron chi connectivity index (χ0n) is 10.4. The minimum absolute atomic E-state index is 0.271. The van der Waals surface area contributed by atoms with Gasteiger partial charge >= 0.3 is 0 Å². The fourth-order valence-corrected chi connectivity index (χ4v) is 2.77. The normalized spacial score (nSPS) is 11.2. The van der Waals surface area contributed by atoms with Crippen LogP contribution in [0.4, 0.5) is 8.78 Å². The van der Waals surface area contributed by atoms with Gasteiger partial charge in [-0.3, -0.25) is 4.57 Å². The largest absolute Gasteiger partial charge is 0.330 e. The molecule has 0 bridgehead atoms. The number of hydrogen-bond donors (Lipinski definition) is 1. The lowest BCUT2D eigenvalue weighted by Gasteiger charge is -2.07. The molecule has 0 amide bonds. The summed E-state index contributed by atoms with van der Waals surface area (Å²) in [5.41, 5.74) is 2.59. The van der Waals surface area contributed by atoms with Crippen molar-refractivity contribution < 1.29 is 8.78 Å². The Bertz CT molecular complexity index is 883. The van der Waals surface area contributed by atoms with Crippen LogP contribution in [0.1, 0.15) is 5.56 Å². The predicted octanol–water partition coefficient (Wildman–Crippen LogP) is 5.04. The van der Waals surface area contributed by atoms with Crippen LogP contribution in [0.25, 0.3) is 16.7 Å². The second kappa shape index (κ2) is 4.79. The molecule has 0 spiro atoms. The number of H-pyrrole nitrogens is 1. The number of imidazole rings is 1. The lowest BCUT2D eigenvalue weighted by molar-refractivity contribution is 0.618. The maximum Gasteiger partial charge on any atom is 0.182 e. The molecule has 20 heavy (non-hydrogen) atoms. The van der Waals surface area contributed by atoms with Gasteiger partial charge in [-0.2, -0.15) is 0 Å². The van der Waals surface area contributed by atoms with Crippen LogP contribution in [-0.2, 0) is 0 Å². The summed E-state index contributed by atoms with van der Waals surface area (Å²) in [4.78, 5) is 2.95. The minimum Gasteiger partial charge on any atom is -0.330 e. The first-order valence-corrected chi connectivity index (χ1v) is 7.04. The SMILES string of the molecule is Cc1cc(-n2c(=S)[nH]c3cc(F)c(Br)cc32)ccc1F. The number of aromatic amines is 1. The van der Waals surface area contributed by atoms with Gasteiger partial charge < -0.3 is 4.98 Å². The first-order chi connectivity index (χ1) is 9.47. The monoisotopic (exact) mass is 354 g/mol. The molecule has 0 atom stereocenters. The van der Waals surface area contributed by atoms with Crippen molar-refractivity contribution in [2.75, 3.05) is 0 Å². The number of halogens is 3. The number of hydrogen-bond acceptors (Lipinski definition) is 1. The molecule has 2 aromatic carbocycles. The maximum atomic E-state index is 13.5. The van der Waals surface area contributed by atoms with Crippen LogP contribution in [0, 0.1) is 23.3 Å². The molecule has 0 aliphatic heterocycles. The van der Waals surface area contributed by atoms with Crippen LogP contribution in [0.3, 0.4) is 0 Å². The molecule has 0 radical (unpaired) electrons. The average molecular weight is 355 g/mol. The summed E-state index contributed by atoms with van der Waals surface area (Å²) in [6, 6.07) is 7.76. The van der Waals surface area contributed by atoms with Crippen LogP contribution in [-0.4, -0.2) is 9.55 Å². The zero-order chi connectivity index (χ0) is 14.4. The van der Waals surface area contributed by atoms with Gasteiger partial charge in [-0.25, -0.2) is 8.78 Å². The van der Waals surface area contributed by atoms with Crippen molar-refractivity contribution in [3.05, 3.63) is 56.8 Å². The van der Waals surface area contributed by atoms with Gasteiger partial charge in [-0.1, -0.05) is 0 Å². The highest BCUT2D eigenvalue weighted by Gasteiger charge is 2.11. The second-order valence-electron chi connectivity index (χ2n) is 4.48. The van der Waals surface area contributed by atoms with E-state index in [2.05, 4.69) is 20.9 Å². The number of nitrogens with zero attached hydrogens (tertiary/aromatic N) is 1. The van der Waals surface area contributed by atoms with E-state index < -0.39 is 0 Å². The summed E-state index contributed by atoms with van der Waals surface area (Å²) >= 11 is 8.44. The van der Waals surface area contributed by atoms with Crippen molar-refractivity contribution in [1.82, 2.24) is 9.55 Å². The number of aryl methyl sites for hydroxylation is 1. The number of nitrogens with one attached hydrogen (secondary N) is 1. The van der Waals surface area contributed by atoms with E-state index in [0.29, 0.717) is 20.3 Å². The Balaban J connectivity index is 2.35. The van der Waals surface area contributed by atoms with Crippen molar-refractivity contribution in [3.8, 4) is 5.69 Å². The van der Waals surface area contributed by atoms with Gasteiger partial charge in [-0.15, -0.1) is 0 Å². The van der Waals surface area contributed by atoms with Crippen molar-refractivity contribution >= 4 is 39.2 Å². The van der Waals surface area contributed by atoms with E-state index in [1.165, 1.54) is 12.1 Å². The van der Waals surface area contributed by atoms with E-state index in [0.717, 1.165) is 11.2 Å². The summed E-state index contributed by atoms with van der Waals surface area (Å²) in [5, 5.41) is 0. The van der Waals surface area contributed by atoms with E-state index in [4.69, 9.17) is 12.2 Å². The molecule has 1 aromatic heterocycles. The molecule has 0 fully saturated rings. The Kier molecular flexibility index (Phi) is 3.22. The van der Waals surface area contributed by atoms with E-state index in [1.54, 1.807) is 29.7 Å². The van der Waals surface area contributed by atoms with Gasteiger partial charge in [-0.05, 0) is 64.9 Å². The Morgan fingerprint density at radius 3 is 2.60 bits per heavy atom. The summed E-state index contributed by atoms with van der Waals surface area (Å²) in [7, 11) is 0. The summed E-state index contributed by atoms with van der Waals surface area (Å²) < 4.78 is 29.5. The van der Waals surface area contributed by atoms with E-state index in [9.17, 15) is 8.78 Å². The van der Waals surface area contributed by atoms with Gasteiger partial charge in [0.05, 0.1) is 15.5 Å². The van der Waals surface area contributed by atoms with Gasteiger partial charge in [0.1, 0.15) is 11.6 Å². The molecule has 2 nitrogen and oxygen atoms in total. The molecule has 1 N–H and O–H groups in total. The Hall–Kier alpha value is -1.53. The van der Waals surface area contributed by atoms with Crippen LogP contribution in [0.5, 0.6) is 0 Å². The summed E-state index contributed by atoms with van der Waals surface area (Å²) in [6.45, 7) is 1.69. The smallest absolute Gasteiger partial charge is 0.182 e. The quantitative estimate of drug-likeness (QED) is 0.607. The number of fused-ring (bicyclic) bond motifs is 1. The second-order valence-corrected chi connectivity index (χ2v) is 5.72. The molecule has 0 saturated carbocycles. The highest BCUT2D eigenvalue weighted by Crippen LogP contribution is 2.26. The average Bonchev–Trinajstić information content (AvgIpc) is 2.69. The van der Waals surface area contributed by atoms with Crippen molar-refractivity contribution in [1.29, 1.82) is 0 Å². The lowest BCUT2D eigenvalue weighted by Crippen LogP contribution is -1.96. The van der Waals surface area contributed by atoms with Gasteiger partial charge in [0, 0.05) is 11.8 Å². The van der Waals surface area contributed by atoms with E-state index in [1.807, 2.05) is 0 Å². The third-order valence-electron chi connectivity index (χ3n) is 3.12. The van der Waals surface area contributed by atoms with Crippen molar-refractivity contribution in [2.24, 2.45) is 0 Å². The highest BCUT2D eigenvalue weighted by molar-refractivity contribution is 9.10. The first kappa shape index (κ1) is 13.5. The fourth-order valence-electron chi connectivity index (χ4n) is 2.13. The molecule has 0 aliphatic carbocycles. The molecule has 1 heterocycles. The summed E-state index contributed by atoms with van der Waals surface area (Å²) in [6.07, 6.45) is 0. The Morgan fingerprint density at radius 2 is 1.90 bits per heavy atom. The number of rotatable bonds is 1. The van der Waals surface area contributed by atoms with Crippen LogP contribution in [0.2, 0.25) is 0 Å². The van der Waals surface area contributed by atoms with Crippen LogP contribution in [0.15, 0.2) is 34.8 Å². The van der Waals surface area contributed by atoms with Crippen molar-refractivity contribution in [3.63, 3.8) is 0 Å². The molecule has 102 valence electrons. The topological polar surface area (TPSA) is 20.7 Å². The van der Waals surface area contributed by atoms with E-state index >= 15 is 0 Å². The third kappa shape index (κ3) is 2.09. The molecule has 0 aliphatic rings. The molecular formula is C14H9BrF2N2S. The molecule has 0 saturated heterocycles. The fraction of sp³-hybridized carbons (Fsp3) is 0.0714. The Morgan fingerprint density at radius 1 is 1.15 bits per heavy atom. The molecule has 6 heteroatoms. The predicted molar refractivity (Wildman–Crippen MR) is 80.8 cm³/mol. The molecular weight excluding hydrogens is 346 g/mol. The highest BCUT2D eigenvalue weighted by atomic mass is 79.9. The minimum atomic E-state index is -0.365. The maximum absolute atomic E-state index is 13.5. The number of aromatic nitrogens is 2. The van der Waals surface area contributed by atoms with Gasteiger partial charge in [0.25, 0.3) is 0 Å². The van der Waals surface area contributed by atoms with Crippen molar-refractivity contribution in [2.45, 2.75) is 6.92 Å². The molecule has 3 rings (SSSR count). The molecule has 3 aromatic rings. The number of benzene rings is 2.